The highest BCUT2D eigenvalue weighted by Crippen LogP contribution is 2.30. The molecule has 5 heteroatoms. The summed E-state index contributed by atoms with van der Waals surface area (Å²) in [6.45, 7) is 0. The minimum Gasteiger partial charge on any atom is -0.495 e. The van der Waals surface area contributed by atoms with E-state index in [-0.39, 0.29) is 5.75 Å². The third kappa shape index (κ3) is 2.66. The third-order valence-electron chi connectivity index (χ3n) is 2.77. The van der Waals surface area contributed by atoms with Gasteiger partial charge in [0.1, 0.15) is 17.5 Å². The van der Waals surface area contributed by atoms with Gasteiger partial charge in [-0.1, -0.05) is 6.07 Å². The average Bonchev–Trinajstić information content (AvgIpc) is 2.47. The van der Waals surface area contributed by atoms with Crippen LogP contribution in [-0.4, -0.2) is 24.3 Å². The second-order valence-corrected chi connectivity index (χ2v) is 3.89. The lowest BCUT2D eigenvalue weighted by atomic mass is 10.0. The van der Waals surface area contributed by atoms with Crippen molar-refractivity contribution < 1.29 is 19.0 Å². The Labute approximate surface area is 110 Å². The van der Waals surface area contributed by atoms with Crippen LogP contribution in [0.5, 0.6) is 11.5 Å². The Bertz CT molecular complexity index is 574. The molecule has 0 amide bonds. The van der Waals surface area contributed by atoms with Gasteiger partial charge in [0.2, 0.25) is 0 Å². The minimum atomic E-state index is -1.01. The molecule has 0 aliphatic carbocycles. The predicted octanol–water partition coefficient (Wildman–Crippen LogP) is 2.32. The van der Waals surface area contributed by atoms with Gasteiger partial charge in [-0.25, -0.2) is 4.39 Å². The van der Waals surface area contributed by atoms with Crippen molar-refractivity contribution in [3.05, 3.63) is 53.6 Å². The van der Waals surface area contributed by atoms with E-state index < -0.39 is 11.9 Å². The van der Waals surface area contributed by atoms with Gasteiger partial charge in [-0.3, -0.25) is 4.98 Å². The molecular weight excluding hydrogens is 249 g/mol. The molecule has 2 aromatic rings. The zero-order chi connectivity index (χ0) is 13.8. The normalized spacial score (nSPS) is 12.0. The monoisotopic (exact) mass is 263 g/mol. The Morgan fingerprint density at radius 1 is 1.16 bits per heavy atom. The van der Waals surface area contributed by atoms with Crippen molar-refractivity contribution >= 4 is 0 Å². The highest BCUT2D eigenvalue weighted by Gasteiger charge is 2.18. The smallest absolute Gasteiger partial charge is 0.165 e. The first kappa shape index (κ1) is 13.3. The SMILES string of the molecule is COc1cc(C(O)c2ncccc2OC)ccc1F. The maximum absolute atomic E-state index is 13.3. The third-order valence-corrected chi connectivity index (χ3v) is 2.77. The number of aliphatic hydroxyl groups excluding tert-OH is 1. The van der Waals surface area contributed by atoms with E-state index in [1.54, 1.807) is 18.3 Å². The van der Waals surface area contributed by atoms with Crippen molar-refractivity contribution in [2.75, 3.05) is 14.2 Å². The first-order chi connectivity index (χ1) is 9.17. The van der Waals surface area contributed by atoms with Crippen LogP contribution in [0.2, 0.25) is 0 Å². The Morgan fingerprint density at radius 2 is 1.89 bits per heavy atom. The second kappa shape index (κ2) is 5.67. The van der Waals surface area contributed by atoms with Crippen LogP contribution in [0.4, 0.5) is 4.39 Å². The van der Waals surface area contributed by atoms with Crippen LogP contribution in [0.1, 0.15) is 17.4 Å². The highest BCUT2D eigenvalue weighted by molar-refractivity contribution is 5.38. The van der Waals surface area contributed by atoms with E-state index in [0.29, 0.717) is 17.0 Å². The predicted molar refractivity (Wildman–Crippen MR) is 67.8 cm³/mol. The van der Waals surface area contributed by atoms with Gasteiger partial charge in [0.25, 0.3) is 0 Å². The molecule has 0 saturated carbocycles. The maximum atomic E-state index is 13.3. The van der Waals surface area contributed by atoms with Crippen molar-refractivity contribution in [2.24, 2.45) is 0 Å². The van der Waals surface area contributed by atoms with Gasteiger partial charge < -0.3 is 14.6 Å². The molecule has 1 aromatic heterocycles. The molecule has 0 aliphatic heterocycles. The molecule has 1 heterocycles. The highest BCUT2D eigenvalue weighted by atomic mass is 19.1. The molecule has 19 heavy (non-hydrogen) atoms. The van der Waals surface area contributed by atoms with Gasteiger partial charge in [-0.15, -0.1) is 0 Å². The van der Waals surface area contributed by atoms with Crippen molar-refractivity contribution in [3.8, 4) is 11.5 Å². The fourth-order valence-electron chi connectivity index (χ4n) is 1.79. The number of rotatable bonds is 4. The van der Waals surface area contributed by atoms with Gasteiger partial charge in [-0.05, 0) is 29.8 Å². The topological polar surface area (TPSA) is 51.6 Å². The second-order valence-electron chi connectivity index (χ2n) is 3.89. The van der Waals surface area contributed by atoms with Crippen molar-refractivity contribution in [2.45, 2.75) is 6.10 Å². The Morgan fingerprint density at radius 3 is 2.58 bits per heavy atom. The first-order valence-corrected chi connectivity index (χ1v) is 5.67. The van der Waals surface area contributed by atoms with Crippen LogP contribution in [0.3, 0.4) is 0 Å². The van der Waals surface area contributed by atoms with E-state index in [0.717, 1.165) is 0 Å². The van der Waals surface area contributed by atoms with Gasteiger partial charge >= 0.3 is 0 Å². The number of methoxy groups -OCH3 is 2. The molecule has 0 radical (unpaired) electrons. The molecule has 4 nitrogen and oxygen atoms in total. The van der Waals surface area contributed by atoms with Crippen LogP contribution in [0, 0.1) is 5.82 Å². The summed E-state index contributed by atoms with van der Waals surface area (Å²) < 4.78 is 23.4. The summed E-state index contributed by atoms with van der Waals surface area (Å²) in [6, 6.07) is 7.57. The summed E-state index contributed by atoms with van der Waals surface area (Å²) >= 11 is 0. The molecule has 1 aromatic carbocycles. The fourth-order valence-corrected chi connectivity index (χ4v) is 1.79. The van der Waals surface area contributed by atoms with E-state index in [2.05, 4.69) is 4.98 Å². The van der Waals surface area contributed by atoms with Crippen LogP contribution in [0.25, 0.3) is 0 Å². The largest absolute Gasteiger partial charge is 0.495 e. The fraction of sp³-hybridized carbons (Fsp3) is 0.214. The number of nitrogens with zero attached hydrogens (tertiary/aromatic N) is 1. The van der Waals surface area contributed by atoms with E-state index in [1.807, 2.05) is 0 Å². The van der Waals surface area contributed by atoms with Crippen molar-refractivity contribution in [1.82, 2.24) is 4.98 Å². The summed E-state index contributed by atoms with van der Waals surface area (Å²) in [6.07, 6.45) is 0.549. The lowest BCUT2D eigenvalue weighted by molar-refractivity contribution is 0.208. The molecule has 1 atom stereocenters. The quantitative estimate of drug-likeness (QED) is 0.919. The standard InChI is InChI=1S/C14H14FNO3/c1-18-11-4-3-7-16-13(11)14(17)9-5-6-10(15)12(8-9)19-2/h3-8,14,17H,1-2H3. The van der Waals surface area contributed by atoms with Gasteiger partial charge in [0.15, 0.2) is 11.6 Å². The molecule has 0 spiro atoms. The molecule has 0 saturated heterocycles. The zero-order valence-electron chi connectivity index (χ0n) is 10.6. The van der Waals surface area contributed by atoms with Crippen LogP contribution < -0.4 is 9.47 Å². The lowest BCUT2D eigenvalue weighted by Gasteiger charge is -2.14. The number of hydrogen-bond donors (Lipinski definition) is 1. The van der Waals surface area contributed by atoms with Gasteiger partial charge in [0, 0.05) is 6.20 Å². The summed E-state index contributed by atoms with van der Waals surface area (Å²) in [5, 5.41) is 10.3. The van der Waals surface area contributed by atoms with Crippen LogP contribution in [0.15, 0.2) is 36.5 Å². The number of benzene rings is 1. The number of halogens is 1. The lowest BCUT2D eigenvalue weighted by Crippen LogP contribution is -2.05. The number of aromatic nitrogens is 1. The van der Waals surface area contributed by atoms with Gasteiger partial charge in [-0.2, -0.15) is 0 Å². The Balaban J connectivity index is 2.41. The van der Waals surface area contributed by atoms with Gasteiger partial charge in [0.05, 0.1) is 14.2 Å². The number of hydrogen-bond acceptors (Lipinski definition) is 4. The first-order valence-electron chi connectivity index (χ1n) is 5.67. The van der Waals surface area contributed by atoms with Crippen molar-refractivity contribution in [1.29, 1.82) is 0 Å². The maximum Gasteiger partial charge on any atom is 0.165 e. The van der Waals surface area contributed by atoms with Crippen LogP contribution >= 0.6 is 0 Å². The summed E-state index contributed by atoms with van der Waals surface area (Å²) in [5.74, 6) is 0.0659. The molecule has 0 bridgehead atoms. The molecular formula is C14H14FNO3. The zero-order valence-corrected chi connectivity index (χ0v) is 10.6. The molecule has 100 valence electrons. The molecule has 2 rings (SSSR count). The Hall–Kier alpha value is -2.14. The van der Waals surface area contributed by atoms with E-state index >= 15 is 0 Å². The summed E-state index contributed by atoms with van der Waals surface area (Å²) in [5.41, 5.74) is 0.855. The van der Waals surface area contributed by atoms with Crippen LogP contribution in [-0.2, 0) is 0 Å². The van der Waals surface area contributed by atoms with E-state index in [1.165, 1.54) is 32.4 Å². The molecule has 0 fully saturated rings. The number of aliphatic hydroxyl groups is 1. The van der Waals surface area contributed by atoms with E-state index in [4.69, 9.17) is 9.47 Å². The molecule has 0 aliphatic rings. The van der Waals surface area contributed by atoms with E-state index in [9.17, 15) is 9.50 Å². The summed E-state index contributed by atoms with van der Waals surface area (Å²) in [4.78, 5) is 4.09. The minimum absolute atomic E-state index is 0.0754. The Kier molecular flexibility index (Phi) is 3.97. The summed E-state index contributed by atoms with van der Waals surface area (Å²) in [7, 11) is 2.87. The number of pyridine rings is 1. The number of ether oxygens (including phenoxy) is 2. The average molecular weight is 263 g/mol. The molecule has 1 N–H and O–H groups in total. The van der Waals surface area contributed by atoms with Crippen molar-refractivity contribution in [3.63, 3.8) is 0 Å². The molecule has 1 unspecified atom stereocenters.